The Hall–Kier alpha value is -1.52. The quantitative estimate of drug-likeness (QED) is 0.650. The monoisotopic (exact) mass is 310 g/mol. The van der Waals surface area contributed by atoms with Gasteiger partial charge in [-0.25, -0.2) is 4.79 Å². The Kier molecular flexibility index (Phi) is 6.72. The van der Waals surface area contributed by atoms with E-state index in [9.17, 15) is 4.79 Å². The number of nitrogens with one attached hydrogen (secondary N) is 1. The van der Waals surface area contributed by atoms with E-state index in [1.54, 1.807) is 0 Å². The van der Waals surface area contributed by atoms with Crippen LogP contribution in [0.3, 0.4) is 0 Å². The van der Waals surface area contributed by atoms with Crippen molar-refractivity contribution in [3.63, 3.8) is 0 Å². The van der Waals surface area contributed by atoms with Gasteiger partial charge in [-0.2, -0.15) is 0 Å². The molecule has 1 aromatic carbocycles. The summed E-state index contributed by atoms with van der Waals surface area (Å²) in [5.41, 5.74) is 1.76. The number of nitrogens with zero attached hydrogens (tertiary/aromatic N) is 1. The van der Waals surface area contributed by atoms with E-state index in [2.05, 4.69) is 24.7 Å². The highest BCUT2D eigenvalue weighted by molar-refractivity contribution is 5.95. The van der Waals surface area contributed by atoms with Crippen LogP contribution in [-0.2, 0) is 11.3 Å². The zero-order valence-corrected chi connectivity index (χ0v) is 13.6. The Balaban J connectivity index is 0.00000220. The van der Waals surface area contributed by atoms with Crippen LogP contribution in [0.4, 0.5) is 0 Å². The van der Waals surface area contributed by atoms with Crippen molar-refractivity contribution in [3.05, 3.63) is 36.0 Å². The smallest absolute Gasteiger partial charge is 0.354 e. The molecule has 0 unspecified atom stereocenters. The summed E-state index contributed by atoms with van der Waals surface area (Å²) in [6, 6.07) is 10.0. The summed E-state index contributed by atoms with van der Waals surface area (Å²) in [4.78, 5) is 13.5. The second-order valence-electron chi connectivity index (χ2n) is 5.27. The number of hydrogen-bond acceptors (Lipinski definition) is 2. The lowest BCUT2D eigenvalue weighted by atomic mass is 10.2. The van der Waals surface area contributed by atoms with E-state index in [-0.39, 0.29) is 18.4 Å². The Morgan fingerprint density at radius 2 is 2.00 bits per heavy atom. The third kappa shape index (κ3) is 4.22. The number of hydrogen-bond donors (Lipinski definition) is 1. The molecule has 1 heterocycles. The molecule has 116 valence electrons. The van der Waals surface area contributed by atoms with Crippen molar-refractivity contribution in [3.8, 4) is 0 Å². The summed E-state index contributed by atoms with van der Waals surface area (Å²) in [6.07, 6.45) is 1.04. The van der Waals surface area contributed by atoms with Crippen LogP contribution in [0.25, 0.3) is 10.9 Å². The highest BCUT2D eigenvalue weighted by Crippen LogP contribution is 2.20. The minimum Gasteiger partial charge on any atom is -1.00 e. The number of benzene rings is 1. The van der Waals surface area contributed by atoms with Crippen molar-refractivity contribution in [2.75, 3.05) is 27.2 Å². The van der Waals surface area contributed by atoms with E-state index in [1.807, 2.05) is 31.2 Å². The molecule has 4 nitrogen and oxygen atoms in total. The van der Waals surface area contributed by atoms with E-state index < -0.39 is 0 Å². The van der Waals surface area contributed by atoms with Gasteiger partial charge in [0.05, 0.1) is 27.2 Å². The minimum absolute atomic E-state index is 0. The van der Waals surface area contributed by atoms with E-state index in [0.717, 1.165) is 30.4 Å². The number of quaternary nitrogens is 1. The first kappa shape index (κ1) is 17.5. The van der Waals surface area contributed by atoms with Gasteiger partial charge in [-0.1, -0.05) is 18.2 Å². The third-order valence-electron chi connectivity index (χ3n) is 3.35. The standard InChI is InChI=1S/C16H22N2O2.ClH/c1-4-20-16(19)15-12-13-8-5-6-9-14(13)18(15)11-7-10-17(2)3;/h5-6,8-9,12H,4,7,10-11H2,1-3H3;1H. The highest BCUT2D eigenvalue weighted by Gasteiger charge is 2.16. The first-order valence-electron chi connectivity index (χ1n) is 7.18. The topological polar surface area (TPSA) is 35.7 Å². The molecular weight excluding hydrogens is 288 g/mol. The first-order chi connectivity index (χ1) is 9.63. The van der Waals surface area contributed by atoms with Crippen molar-refractivity contribution in [1.82, 2.24) is 4.57 Å². The molecular formula is C16H23ClN2O2. The molecule has 1 aromatic heterocycles. The predicted molar refractivity (Wildman–Crippen MR) is 80.2 cm³/mol. The van der Waals surface area contributed by atoms with Crippen molar-refractivity contribution in [2.45, 2.75) is 19.9 Å². The van der Waals surface area contributed by atoms with Crippen LogP contribution in [0.5, 0.6) is 0 Å². The van der Waals surface area contributed by atoms with Crippen molar-refractivity contribution < 1.29 is 26.8 Å². The number of carbonyl (C=O) groups excluding carboxylic acids is 1. The molecule has 0 fully saturated rings. The van der Waals surface area contributed by atoms with Gasteiger partial charge in [0, 0.05) is 23.9 Å². The molecule has 0 saturated carbocycles. The molecule has 0 spiro atoms. The SMILES string of the molecule is CCOC(=O)c1cc2ccccc2n1CCC[NH+](C)C.[Cl-]. The zero-order valence-electron chi connectivity index (χ0n) is 12.9. The van der Waals surface area contributed by atoms with Crippen LogP contribution in [0.2, 0.25) is 0 Å². The molecule has 0 aliphatic carbocycles. The molecule has 0 radical (unpaired) electrons. The Bertz CT molecular complexity index is 593. The maximum atomic E-state index is 12.1. The number of esters is 1. The van der Waals surface area contributed by atoms with E-state index in [0.29, 0.717) is 12.3 Å². The van der Waals surface area contributed by atoms with Gasteiger partial charge < -0.3 is 26.6 Å². The second kappa shape index (κ2) is 8.05. The molecule has 0 amide bonds. The van der Waals surface area contributed by atoms with Gasteiger partial charge in [0.25, 0.3) is 0 Å². The van der Waals surface area contributed by atoms with Gasteiger partial charge in [-0.15, -0.1) is 0 Å². The second-order valence-corrected chi connectivity index (χ2v) is 5.27. The molecule has 0 bridgehead atoms. The van der Waals surface area contributed by atoms with Crippen LogP contribution in [0.15, 0.2) is 30.3 Å². The first-order valence-corrected chi connectivity index (χ1v) is 7.18. The van der Waals surface area contributed by atoms with Gasteiger partial charge in [-0.05, 0) is 19.1 Å². The third-order valence-corrected chi connectivity index (χ3v) is 3.35. The number of aromatic nitrogens is 1. The van der Waals surface area contributed by atoms with Gasteiger partial charge in [0.2, 0.25) is 0 Å². The summed E-state index contributed by atoms with van der Waals surface area (Å²) in [5.74, 6) is -0.235. The van der Waals surface area contributed by atoms with Crippen molar-refractivity contribution >= 4 is 16.9 Å². The van der Waals surface area contributed by atoms with Gasteiger partial charge in [0.15, 0.2) is 0 Å². The van der Waals surface area contributed by atoms with Crippen LogP contribution < -0.4 is 17.3 Å². The number of fused-ring (bicyclic) bond motifs is 1. The average molecular weight is 311 g/mol. The van der Waals surface area contributed by atoms with Crippen LogP contribution in [0, 0.1) is 0 Å². The average Bonchev–Trinajstić information content (AvgIpc) is 2.78. The lowest BCUT2D eigenvalue weighted by molar-refractivity contribution is -0.858. The van der Waals surface area contributed by atoms with E-state index in [4.69, 9.17) is 4.74 Å². The number of ether oxygens (including phenoxy) is 1. The molecule has 0 aliphatic heterocycles. The fourth-order valence-corrected chi connectivity index (χ4v) is 2.42. The largest absolute Gasteiger partial charge is 1.00 e. The normalized spacial score (nSPS) is 10.7. The molecule has 0 saturated heterocycles. The molecule has 0 aliphatic rings. The fourth-order valence-electron chi connectivity index (χ4n) is 2.42. The number of para-hydroxylation sites is 1. The maximum Gasteiger partial charge on any atom is 0.354 e. The van der Waals surface area contributed by atoms with E-state index >= 15 is 0 Å². The molecule has 1 N–H and O–H groups in total. The summed E-state index contributed by atoms with van der Waals surface area (Å²) < 4.78 is 7.24. The van der Waals surface area contributed by atoms with Gasteiger partial charge in [0.1, 0.15) is 5.69 Å². The zero-order chi connectivity index (χ0) is 14.5. The van der Waals surface area contributed by atoms with E-state index in [1.165, 1.54) is 4.90 Å². The Morgan fingerprint density at radius 3 is 2.67 bits per heavy atom. The summed E-state index contributed by atoms with van der Waals surface area (Å²) in [7, 11) is 4.28. The van der Waals surface area contributed by atoms with Gasteiger partial charge in [-0.3, -0.25) is 0 Å². The molecule has 2 aromatic rings. The van der Waals surface area contributed by atoms with Gasteiger partial charge >= 0.3 is 5.97 Å². The predicted octanol–water partition coefficient (Wildman–Crippen LogP) is -1.64. The molecule has 5 heteroatoms. The van der Waals surface area contributed by atoms with Crippen LogP contribution in [-0.4, -0.2) is 37.8 Å². The fraction of sp³-hybridized carbons (Fsp3) is 0.438. The van der Waals surface area contributed by atoms with Crippen LogP contribution >= 0.6 is 0 Å². The number of halogens is 1. The Labute approximate surface area is 132 Å². The summed E-state index contributed by atoms with van der Waals surface area (Å²) in [5, 5.41) is 1.09. The summed E-state index contributed by atoms with van der Waals surface area (Å²) >= 11 is 0. The lowest BCUT2D eigenvalue weighted by Crippen LogP contribution is -3.05. The molecule has 0 atom stereocenters. The highest BCUT2D eigenvalue weighted by atomic mass is 35.5. The Morgan fingerprint density at radius 1 is 1.29 bits per heavy atom. The summed E-state index contributed by atoms with van der Waals surface area (Å²) in [6.45, 7) is 4.16. The maximum absolute atomic E-state index is 12.1. The number of aryl methyl sites for hydroxylation is 1. The van der Waals surface area contributed by atoms with Crippen LogP contribution in [0.1, 0.15) is 23.8 Å². The molecule has 21 heavy (non-hydrogen) atoms. The van der Waals surface area contributed by atoms with Crippen molar-refractivity contribution in [1.29, 1.82) is 0 Å². The number of carbonyl (C=O) groups is 1. The number of rotatable bonds is 6. The lowest BCUT2D eigenvalue weighted by Gasteiger charge is -2.11. The molecule has 2 rings (SSSR count). The minimum atomic E-state index is -0.235. The van der Waals surface area contributed by atoms with Crippen molar-refractivity contribution in [2.24, 2.45) is 0 Å².